The van der Waals surface area contributed by atoms with Crippen LogP contribution < -0.4 is 5.11 Å². The van der Waals surface area contributed by atoms with Crippen molar-refractivity contribution in [3.8, 4) is 17.6 Å². The van der Waals surface area contributed by atoms with Crippen LogP contribution in [0.1, 0.15) is 70.0 Å². The van der Waals surface area contributed by atoms with Gasteiger partial charge in [0.2, 0.25) is 0 Å². The second kappa shape index (κ2) is 12.6. The number of carbonyl (C=O) groups excluding carboxylic acids is 1. The predicted molar refractivity (Wildman–Crippen MR) is 136 cm³/mol. The molecular weight excluding hydrogens is 462 g/mol. The van der Waals surface area contributed by atoms with Gasteiger partial charge in [0.05, 0.1) is 5.56 Å². The highest BCUT2D eigenvalue weighted by molar-refractivity contribution is 6.30. The SMILES string of the molecule is CCCCCCN(Cc1ccc([O-])c(C(=O)O)c1)C(=O)c1ccc(C#Cc2ccc(Cl)cc2)cc1. The maximum atomic E-state index is 13.3. The molecule has 0 saturated heterocycles. The number of halogens is 1. The molecule has 6 heteroatoms. The van der Waals surface area contributed by atoms with Crippen LogP contribution in [0.25, 0.3) is 0 Å². The Kier molecular flexibility index (Phi) is 9.34. The van der Waals surface area contributed by atoms with Gasteiger partial charge in [0.15, 0.2) is 0 Å². The van der Waals surface area contributed by atoms with Crippen LogP contribution in [0.2, 0.25) is 5.02 Å². The normalized spacial score (nSPS) is 10.3. The molecule has 0 aliphatic rings. The number of aromatic carboxylic acids is 1. The van der Waals surface area contributed by atoms with Gasteiger partial charge in [-0.15, -0.1) is 0 Å². The van der Waals surface area contributed by atoms with Gasteiger partial charge in [0.25, 0.3) is 5.91 Å². The van der Waals surface area contributed by atoms with Crippen LogP contribution in [0.5, 0.6) is 5.75 Å². The van der Waals surface area contributed by atoms with Crippen LogP contribution in [0.4, 0.5) is 0 Å². The Morgan fingerprint density at radius 1 is 0.914 bits per heavy atom. The molecule has 3 aromatic rings. The Morgan fingerprint density at radius 3 is 2.14 bits per heavy atom. The topological polar surface area (TPSA) is 80.7 Å². The molecule has 0 atom stereocenters. The third-order valence-corrected chi connectivity index (χ3v) is 5.80. The first-order valence-corrected chi connectivity index (χ1v) is 12.0. The molecule has 0 saturated carbocycles. The van der Waals surface area contributed by atoms with Gasteiger partial charge in [-0.3, -0.25) is 4.79 Å². The zero-order valence-corrected chi connectivity index (χ0v) is 20.3. The molecule has 1 amide bonds. The minimum Gasteiger partial charge on any atom is -0.872 e. The molecule has 35 heavy (non-hydrogen) atoms. The zero-order valence-electron chi connectivity index (χ0n) is 19.6. The number of rotatable bonds is 9. The molecule has 0 aromatic heterocycles. The van der Waals surface area contributed by atoms with Gasteiger partial charge in [-0.05, 0) is 66.6 Å². The number of carboxylic acids is 1. The largest absolute Gasteiger partial charge is 0.872 e. The highest BCUT2D eigenvalue weighted by atomic mass is 35.5. The molecule has 3 rings (SSSR count). The fourth-order valence-corrected chi connectivity index (χ4v) is 3.73. The summed E-state index contributed by atoms with van der Waals surface area (Å²) in [6.45, 7) is 2.89. The zero-order chi connectivity index (χ0) is 25.2. The Bertz CT molecular complexity index is 1220. The molecule has 5 nitrogen and oxygen atoms in total. The smallest absolute Gasteiger partial charge is 0.335 e. The summed E-state index contributed by atoms with van der Waals surface area (Å²) >= 11 is 5.90. The first kappa shape index (κ1) is 25.9. The summed E-state index contributed by atoms with van der Waals surface area (Å²) in [4.78, 5) is 26.4. The number of carbonyl (C=O) groups is 2. The van der Waals surface area contributed by atoms with Crippen LogP contribution in [0.3, 0.4) is 0 Å². The van der Waals surface area contributed by atoms with Gasteiger partial charge in [-0.2, -0.15) is 0 Å². The van der Waals surface area contributed by atoms with E-state index in [1.807, 2.05) is 12.1 Å². The first-order valence-electron chi connectivity index (χ1n) is 11.6. The van der Waals surface area contributed by atoms with E-state index in [0.717, 1.165) is 36.8 Å². The fraction of sp³-hybridized carbons (Fsp3) is 0.241. The van der Waals surface area contributed by atoms with E-state index < -0.39 is 11.7 Å². The van der Waals surface area contributed by atoms with Gasteiger partial charge < -0.3 is 15.1 Å². The maximum absolute atomic E-state index is 13.3. The molecule has 0 aliphatic carbocycles. The predicted octanol–water partition coefficient (Wildman–Crippen LogP) is 5.73. The lowest BCUT2D eigenvalue weighted by Crippen LogP contribution is -2.31. The molecule has 180 valence electrons. The van der Waals surface area contributed by atoms with E-state index in [9.17, 15) is 19.8 Å². The second-order valence-electron chi connectivity index (χ2n) is 8.26. The van der Waals surface area contributed by atoms with Crippen molar-refractivity contribution in [2.75, 3.05) is 6.54 Å². The Balaban J connectivity index is 1.77. The molecule has 0 bridgehead atoms. The summed E-state index contributed by atoms with van der Waals surface area (Å²) in [5.41, 5.74) is 2.47. The molecule has 1 N–H and O–H groups in total. The van der Waals surface area contributed by atoms with Crippen molar-refractivity contribution in [3.05, 3.63) is 99.6 Å². The summed E-state index contributed by atoms with van der Waals surface area (Å²) in [6, 6.07) is 18.5. The van der Waals surface area contributed by atoms with E-state index >= 15 is 0 Å². The third kappa shape index (κ3) is 7.63. The second-order valence-corrected chi connectivity index (χ2v) is 8.69. The van der Waals surface area contributed by atoms with E-state index in [2.05, 4.69) is 18.8 Å². The van der Waals surface area contributed by atoms with Crippen molar-refractivity contribution >= 4 is 23.5 Å². The first-order chi connectivity index (χ1) is 16.9. The molecule has 0 heterocycles. The van der Waals surface area contributed by atoms with Crippen molar-refractivity contribution in [2.45, 2.75) is 39.2 Å². The van der Waals surface area contributed by atoms with Gasteiger partial charge >= 0.3 is 5.97 Å². The monoisotopic (exact) mass is 488 g/mol. The van der Waals surface area contributed by atoms with Crippen molar-refractivity contribution in [1.82, 2.24) is 4.90 Å². The van der Waals surface area contributed by atoms with E-state index in [-0.39, 0.29) is 18.0 Å². The average molecular weight is 489 g/mol. The van der Waals surface area contributed by atoms with Crippen molar-refractivity contribution < 1.29 is 19.8 Å². The molecule has 0 fully saturated rings. The molecule has 0 aliphatic heterocycles. The molecular formula is C29H27ClNO4-. The van der Waals surface area contributed by atoms with Crippen LogP contribution in [-0.2, 0) is 6.54 Å². The van der Waals surface area contributed by atoms with E-state index in [1.165, 1.54) is 12.1 Å². The van der Waals surface area contributed by atoms with Crippen LogP contribution in [0.15, 0.2) is 66.7 Å². The van der Waals surface area contributed by atoms with Gasteiger partial charge in [0.1, 0.15) is 0 Å². The number of unbranched alkanes of at least 4 members (excludes halogenated alkanes) is 3. The summed E-state index contributed by atoms with van der Waals surface area (Å²) in [5, 5.41) is 21.7. The molecule has 0 unspecified atom stereocenters. The highest BCUT2D eigenvalue weighted by Gasteiger charge is 2.17. The molecule has 0 spiro atoms. The van der Waals surface area contributed by atoms with E-state index in [1.54, 1.807) is 47.4 Å². The minimum atomic E-state index is -1.27. The quantitative estimate of drug-likeness (QED) is 0.308. The summed E-state index contributed by atoms with van der Waals surface area (Å²) < 4.78 is 0. The van der Waals surface area contributed by atoms with Crippen molar-refractivity contribution in [1.29, 1.82) is 0 Å². The molecule has 3 aromatic carbocycles. The summed E-state index contributed by atoms with van der Waals surface area (Å²) in [6.07, 6.45) is 4.01. The summed E-state index contributed by atoms with van der Waals surface area (Å²) in [5.74, 6) is 4.19. The van der Waals surface area contributed by atoms with Crippen LogP contribution in [-0.4, -0.2) is 28.4 Å². The number of hydrogen-bond acceptors (Lipinski definition) is 3. The number of hydrogen-bond donors (Lipinski definition) is 1. The highest BCUT2D eigenvalue weighted by Crippen LogP contribution is 2.19. The third-order valence-electron chi connectivity index (χ3n) is 5.54. The standard InChI is InChI=1S/C29H28ClNO4/c1-2-3-4-5-18-31(20-23-12-17-27(32)26(19-23)29(34)35)28(33)24-13-8-21(9-14-24)6-7-22-10-15-25(30)16-11-22/h8-17,19,32H,2-5,18,20H2,1H3,(H,34,35)/p-1. The van der Waals surface area contributed by atoms with Gasteiger partial charge in [-0.25, -0.2) is 4.79 Å². The Hall–Kier alpha value is -3.75. The minimum absolute atomic E-state index is 0.151. The van der Waals surface area contributed by atoms with Crippen molar-refractivity contribution in [2.24, 2.45) is 0 Å². The van der Waals surface area contributed by atoms with E-state index in [4.69, 9.17) is 11.6 Å². The van der Waals surface area contributed by atoms with Gasteiger partial charge in [-0.1, -0.05) is 67.5 Å². The van der Waals surface area contributed by atoms with Crippen LogP contribution in [0, 0.1) is 11.8 Å². The number of benzene rings is 3. The number of carboxylic acid groups (broad SMARTS) is 1. The van der Waals surface area contributed by atoms with Crippen molar-refractivity contribution in [3.63, 3.8) is 0 Å². The summed E-state index contributed by atoms with van der Waals surface area (Å²) in [7, 11) is 0. The molecule has 0 radical (unpaired) electrons. The number of amides is 1. The van der Waals surface area contributed by atoms with Gasteiger partial charge in [0, 0.05) is 34.8 Å². The number of nitrogens with zero attached hydrogens (tertiary/aromatic N) is 1. The van der Waals surface area contributed by atoms with E-state index in [0.29, 0.717) is 22.7 Å². The fourth-order valence-electron chi connectivity index (χ4n) is 3.60. The average Bonchev–Trinajstić information content (AvgIpc) is 2.86. The Labute approximate surface area is 211 Å². The lowest BCUT2D eigenvalue weighted by molar-refractivity contribution is -0.268. The lowest BCUT2D eigenvalue weighted by atomic mass is 10.1. The van der Waals surface area contributed by atoms with Crippen LogP contribution >= 0.6 is 11.6 Å². The lowest BCUT2D eigenvalue weighted by Gasteiger charge is -2.24. The Morgan fingerprint density at radius 2 is 1.54 bits per heavy atom. The maximum Gasteiger partial charge on any atom is 0.335 e.